The minimum absolute atomic E-state index is 0.293. The van der Waals surface area contributed by atoms with Gasteiger partial charge in [0, 0.05) is 23.5 Å². The molecule has 0 aromatic heterocycles. The van der Waals surface area contributed by atoms with Gasteiger partial charge in [-0.25, -0.2) is 8.78 Å². The number of rotatable bonds is 2. The summed E-state index contributed by atoms with van der Waals surface area (Å²) < 4.78 is 27.3. The van der Waals surface area contributed by atoms with Crippen molar-refractivity contribution in [1.29, 1.82) is 0 Å². The maximum absolute atomic E-state index is 13.8. The molecule has 0 radical (unpaired) electrons. The van der Waals surface area contributed by atoms with E-state index < -0.39 is 6.10 Å². The first-order valence-corrected chi connectivity index (χ1v) is 7.01. The van der Waals surface area contributed by atoms with E-state index in [1.807, 2.05) is 4.90 Å². The molecule has 0 aliphatic carbocycles. The predicted molar refractivity (Wildman–Crippen MR) is 78.9 cm³/mol. The topological polar surface area (TPSA) is 23.5 Å². The van der Waals surface area contributed by atoms with Gasteiger partial charge in [0.15, 0.2) is 0 Å². The van der Waals surface area contributed by atoms with E-state index in [1.54, 1.807) is 26.0 Å². The van der Waals surface area contributed by atoms with Crippen LogP contribution in [0.15, 0.2) is 30.3 Å². The number of hydrogen-bond acceptors (Lipinski definition) is 2. The van der Waals surface area contributed by atoms with Gasteiger partial charge in [-0.05, 0) is 55.7 Å². The predicted octanol–water partition coefficient (Wildman–Crippen LogP) is 4.02. The summed E-state index contributed by atoms with van der Waals surface area (Å²) in [6.45, 7) is 3.99. The van der Waals surface area contributed by atoms with Gasteiger partial charge in [0.05, 0.1) is 6.10 Å². The van der Waals surface area contributed by atoms with Gasteiger partial charge in [-0.2, -0.15) is 0 Å². The van der Waals surface area contributed by atoms with Crippen LogP contribution in [0, 0.1) is 18.6 Å². The molecule has 3 rings (SSSR count). The number of halogens is 2. The Bertz CT molecular complexity index is 697. The molecular weight excluding hydrogens is 272 g/mol. The third-order valence-corrected chi connectivity index (χ3v) is 3.99. The van der Waals surface area contributed by atoms with Crippen molar-refractivity contribution in [2.45, 2.75) is 26.4 Å². The molecule has 0 saturated heterocycles. The Labute approximate surface area is 122 Å². The molecule has 1 N–H and O–H groups in total. The van der Waals surface area contributed by atoms with Crippen LogP contribution in [-0.2, 0) is 6.42 Å². The van der Waals surface area contributed by atoms with Gasteiger partial charge in [-0.1, -0.05) is 6.07 Å². The summed E-state index contributed by atoms with van der Waals surface area (Å²) in [5.74, 6) is -0.633. The molecule has 0 unspecified atom stereocenters. The average Bonchev–Trinajstić information content (AvgIpc) is 2.84. The fourth-order valence-electron chi connectivity index (χ4n) is 2.85. The van der Waals surface area contributed by atoms with Crippen LogP contribution < -0.4 is 4.90 Å². The van der Waals surface area contributed by atoms with Crippen LogP contribution in [0.2, 0.25) is 0 Å². The van der Waals surface area contributed by atoms with Crippen LogP contribution in [0.3, 0.4) is 0 Å². The summed E-state index contributed by atoms with van der Waals surface area (Å²) in [4.78, 5) is 1.95. The Morgan fingerprint density at radius 2 is 1.90 bits per heavy atom. The Hall–Kier alpha value is -1.94. The highest BCUT2D eigenvalue weighted by Crippen LogP contribution is 2.39. The molecule has 4 heteroatoms. The molecule has 2 aromatic carbocycles. The van der Waals surface area contributed by atoms with Crippen molar-refractivity contribution < 1.29 is 13.9 Å². The molecule has 0 saturated carbocycles. The first-order chi connectivity index (χ1) is 9.97. The minimum Gasteiger partial charge on any atom is -0.389 e. The molecule has 1 atom stereocenters. The SMILES string of the molecule is Cc1cc(N2CCc3ccc(F)cc32)c([C@@H](C)O)cc1F. The summed E-state index contributed by atoms with van der Waals surface area (Å²) in [6.07, 6.45) is 0.0263. The highest BCUT2D eigenvalue weighted by molar-refractivity contribution is 5.73. The summed E-state index contributed by atoms with van der Waals surface area (Å²) in [5, 5.41) is 9.92. The van der Waals surface area contributed by atoms with Gasteiger partial charge in [0.25, 0.3) is 0 Å². The lowest BCUT2D eigenvalue weighted by atomic mass is 10.0. The summed E-state index contributed by atoms with van der Waals surface area (Å²) in [6, 6.07) is 7.81. The minimum atomic E-state index is -0.785. The molecule has 110 valence electrons. The number of nitrogens with zero attached hydrogens (tertiary/aromatic N) is 1. The first-order valence-electron chi connectivity index (χ1n) is 7.01. The number of aliphatic hydroxyl groups is 1. The van der Waals surface area contributed by atoms with Crippen LogP contribution in [0.1, 0.15) is 29.7 Å². The molecule has 1 aliphatic rings. The molecule has 0 fully saturated rings. The second kappa shape index (κ2) is 5.11. The molecule has 0 amide bonds. The molecular formula is C17H17F2NO. The van der Waals surface area contributed by atoms with Gasteiger partial charge in [0.1, 0.15) is 11.6 Å². The van der Waals surface area contributed by atoms with E-state index in [9.17, 15) is 13.9 Å². The number of benzene rings is 2. The molecule has 0 bridgehead atoms. The summed E-state index contributed by atoms with van der Waals surface area (Å²) >= 11 is 0. The van der Waals surface area contributed by atoms with E-state index in [0.717, 1.165) is 23.4 Å². The smallest absolute Gasteiger partial charge is 0.126 e. The van der Waals surface area contributed by atoms with E-state index in [4.69, 9.17) is 0 Å². The van der Waals surface area contributed by atoms with E-state index in [2.05, 4.69) is 0 Å². The van der Waals surface area contributed by atoms with Crippen molar-refractivity contribution in [3.63, 3.8) is 0 Å². The molecule has 2 nitrogen and oxygen atoms in total. The lowest BCUT2D eigenvalue weighted by Gasteiger charge is -2.25. The largest absolute Gasteiger partial charge is 0.389 e. The van der Waals surface area contributed by atoms with Crippen LogP contribution in [-0.4, -0.2) is 11.7 Å². The summed E-state index contributed by atoms with van der Waals surface area (Å²) in [5.41, 5.74) is 3.64. The van der Waals surface area contributed by atoms with Gasteiger partial charge in [-0.3, -0.25) is 0 Å². The first kappa shape index (κ1) is 14.0. The third-order valence-electron chi connectivity index (χ3n) is 3.99. The fraction of sp³-hybridized carbons (Fsp3) is 0.294. The highest BCUT2D eigenvalue weighted by atomic mass is 19.1. The maximum Gasteiger partial charge on any atom is 0.126 e. The van der Waals surface area contributed by atoms with Crippen molar-refractivity contribution in [3.05, 3.63) is 58.7 Å². The number of aliphatic hydroxyl groups excluding tert-OH is 1. The van der Waals surface area contributed by atoms with E-state index in [1.165, 1.54) is 18.2 Å². The number of fused-ring (bicyclic) bond motifs is 1. The van der Waals surface area contributed by atoms with Gasteiger partial charge >= 0.3 is 0 Å². The van der Waals surface area contributed by atoms with Crippen molar-refractivity contribution in [3.8, 4) is 0 Å². The molecule has 0 spiro atoms. The summed E-state index contributed by atoms with van der Waals surface area (Å²) in [7, 11) is 0. The van der Waals surface area contributed by atoms with Crippen molar-refractivity contribution in [1.82, 2.24) is 0 Å². The van der Waals surface area contributed by atoms with Crippen LogP contribution in [0.25, 0.3) is 0 Å². The monoisotopic (exact) mass is 289 g/mol. The lowest BCUT2D eigenvalue weighted by molar-refractivity contribution is 0.199. The van der Waals surface area contributed by atoms with Crippen LogP contribution in [0.5, 0.6) is 0 Å². The van der Waals surface area contributed by atoms with Gasteiger partial charge in [-0.15, -0.1) is 0 Å². The Morgan fingerprint density at radius 1 is 1.14 bits per heavy atom. The number of hydrogen-bond donors (Lipinski definition) is 1. The Balaban J connectivity index is 2.15. The van der Waals surface area contributed by atoms with Crippen molar-refractivity contribution >= 4 is 11.4 Å². The van der Waals surface area contributed by atoms with Crippen LogP contribution in [0.4, 0.5) is 20.2 Å². The van der Waals surface area contributed by atoms with E-state index in [0.29, 0.717) is 17.7 Å². The van der Waals surface area contributed by atoms with Gasteiger partial charge in [0.2, 0.25) is 0 Å². The normalized spacial score (nSPS) is 15.2. The zero-order valence-corrected chi connectivity index (χ0v) is 12.0. The van der Waals surface area contributed by atoms with Crippen molar-refractivity contribution in [2.75, 3.05) is 11.4 Å². The fourth-order valence-corrected chi connectivity index (χ4v) is 2.85. The second-order valence-corrected chi connectivity index (χ2v) is 5.51. The molecule has 21 heavy (non-hydrogen) atoms. The number of aryl methyl sites for hydroxylation is 1. The van der Waals surface area contributed by atoms with E-state index in [-0.39, 0.29) is 11.6 Å². The standard InChI is InChI=1S/C17H17F2NO/c1-10-7-17(14(11(2)21)9-15(10)19)20-6-5-12-3-4-13(18)8-16(12)20/h3-4,7-9,11,21H,5-6H2,1-2H3/t11-/m1/s1. The highest BCUT2D eigenvalue weighted by Gasteiger charge is 2.25. The van der Waals surface area contributed by atoms with Gasteiger partial charge < -0.3 is 10.0 Å². The molecule has 2 aromatic rings. The number of anilines is 2. The second-order valence-electron chi connectivity index (χ2n) is 5.51. The quantitative estimate of drug-likeness (QED) is 0.902. The Morgan fingerprint density at radius 3 is 2.62 bits per heavy atom. The molecule has 1 aliphatic heterocycles. The third kappa shape index (κ3) is 2.40. The zero-order chi connectivity index (χ0) is 15.1. The lowest BCUT2D eigenvalue weighted by Crippen LogP contribution is -2.17. The van der Waals surface area contributed by atoms with Crippen molar-refractivity contribution in [2.24, 2.45) is 0 Å². The maximum atomic E-state index is 13.8. The zero-order valence-electron chi connectivity index (χ0n) is 12.0. The molecule has 1 heterocycles. The van der Waals surface area contributed by atoms with E-state index >= 15 is 0 Å². The Kier molecular flexibility index (Phi) is 3.41. The average molecular weight is 289 g/mol. The van der Waals surface area contributed by atoms with Crippen LogP contribution >= 0.6 is 0 Å².